The summed E-state index contributed by atoms with van der Waals surface area (Å²) in [7, 11) is 0. The van der Waals surface area contributed by atoms with Crippen LogP contribution in [0.3, 0.4) is 0 Å². The minimum Gasteiger partial charge on any atom is -0.375 e. The van der Waals surface area contributed by atoms with Gasteiger partial charge in [0.05, 0.1) is 19.1 Å². The van der Waals surface area contributed by atoms with Crippen LogP contribution in [0.4, 0.5) is 11.4 Å². The summed E-state index contributed by atoms with van der Waals surface area (Å²) >= 11 is 0. The summed E-state index contributed by atoms with van der Waals surface area (Å²) in [5.41, 5.74) is 1.43. The summed E-state index contributed by atoms with van der Waals surface area (Å²) < 4.78 is 5.49. The van der Waals surface area contributed by atoms with Crippen LogP contribution in [0.1, 0.15) is 19.8 Å². The van der Waals surface area contributed by atoms with E-state index in [4.69, 9.17) is 4.74 Å². The van der Waals surface area contributed by atoms with Gasteiger partial charge < -0.3 is 20.7 Å². The van der Waals surface area contributed by atoms with Crippen molar-refractivity contribution in [2.75, 3.05) is 30.3 Å². The van der Waals surface area contributed by atoms with Gasteiger partial charge in [-0.1, -0.05) is 6.92 Å². The number of morpholine rings is 1. The van der Waals surface area contributed by atoms with Crippen molar-refractivity contribution >= 4 is 35.6 Å². The summed E-state index contributed by atoms with van der Waals surface area (Å²) in [5, 5.41) is 8.77. The summed E-state index contributed by atoms with van der Waals surface area (Å²) in [5.74, 6) is -0.109. The van der Waals surface area contributed by atoms with Gasteiger partial charge in [0.15, 0.2) is 0 Å². The molecule has 1 aliphatic heterocycles. The molecule has 0 aromatic heterocycles. The lowest BCUT2D eigenvalue weighted by Gasteiger charge is -2.23. The normalized spacial score (nSPS) is 17.2. The number of carbonyl (C=O) groups excluding carboxylic acids is 2. The molecular weight excluding hydrogens is 306 g/mol. The molecule has 122 valence electrons. The number of ether oxygens (including phenoxy) is 1. The molecule has 1 unspecified atom stereocenters. The molecule has 2 rings (SSSR count). The highest BCUT2D eigenvalue weighted by Crippen LogP contribution is 2.14. The Kier molecular flexibility index (Phi) is 7.87. The van der Waals surface area contributed by atoms with Gasteiger partial charge in [-0.25, -0.2) is 0 Å². The number of anilines is 2. The van der Waals surface area contributed by atoms with Gasteiger partial charge in [0, 0.05) is 30.9 Å². The van der Waals surface area contributed by atoms with E-state index in [0.29, 0.717) is 31.7 Å². The second kappa shape index (κ2) is 9.40. The molecule has 0 aliphatic carbocycles. The standard InChI is InChI=1S/C15H21N3O3.ClH/c1-2-14(19)17-11-3-5-12(6-4-11)18-15(20)9-13-10-16-7-8-21-13;/h3-6,13,16H,2,7-10H2,1H3,(H,17,19)(H,18,20);1H. The molecule has 7 heteroatoms. The lowest BCUT2D eigenvalue weighted by atomic mass is 10.2. The van der Waals surface area contributed by atoms with Crippen LogP contribution in [0.15, 0.2) is 24.3 Å². The summed E-state index contributed by atoms with van der Waals surface area (Å²) in [6.07, 6.45) is 0.705. The van der Waals surface area contributed by atoms with Crippen LogP contribution in [0.2, 0.25) is 0 Å². The van der Waals surface area contributed by atoms with Crippen molar-refractivity contribution in [2.24, 2.45) is 0 Å². The Labute approximate surface area is 136 Å². The fourth-order valence-electron chi connectivity index (χ4n) is 2.06. The van der Waals surface area contributed by atoms with Gasteiger partial charge in [-0.3, -0.25) is 9.59 Å². The Morgan fingerprint density at radius 1 is 1.18 bits per heavy atom. The number of hydrogen-bond acceptors (Lipinski definition) is 4. The van der Waals surface area contributed by atoms with Crippen molar-refractivity contribution in [1.82, 2.24) is 5.32 Å². The zero-order valence-electron chi connectivity index (χ0n) is 12.6. The van der Waals surface area contributed by atoms with Crippen molar-refractivity contribution in [3.05, 3.63) is 24.3 Å². The zero-order chi connectivity index (χ0) is 15.1. The average Bonchev–Trinajstić information content (AvgIpc) is 2.50. The van der Waals surface area contributed by atoms with E-state index in [1.807, 2.05) is 0 Å². The van der Waals surface area contributed by atoms with Crippen LogP contribution in [-0.4, -0.2) is 37.6 Å². The predicted molar refractivity (Wildman–Crippen MR) is 88.5 cm³/mol. The zero-order valence-corrected chi connectivity index (χ0v) is 13.4. The number of hydrogen-bond donors (Lipinski definition) is 3. The summed E-state index contributed by atoms with van der Waals surface area (Å²) in [6, 6.07) is 7.07. The second-order valence-electron chi connectivity index (χ2n) is 4.93. The minimum atomic E-state index is -0.0750. The van der Waals surface area contributed by atoms with E-state index >= 15 is 0 Å². The highest BCUT2D eigenvalue weighted by molar-refractivity contribution is 5.93. The fourth-order valence-corrected chi connectivity index (χ4v) is 2.06. The topological polar surface area (TPSA) is 79.5 Å². The molecule has 0 saturated carbocycles. The van der Waals surface area contributed by atoms with Gasteiger partial charge in [-0.2, -0.15) is 0 Å². The minimum absolute atomic E-state index is 0. The summed E-state index contributed by atoms with van der Waals surface area (Å²) in [6.45, 7) is 3.98. The van der Waals surface area contributed by atoms with E-state index in [1.54, 1.807) is 31.2 Å². The number of carbonyl (C=O) groups is 2. The SMILES string of the molecule is CCC(=O)Nc1ccc(NC(=O)CC2CNCCO2)cc1.Cl. The lowest BCUT2D eigenvalue weighted by Crippen LogP contribution is -2.40. The molecule has 1 aliphatic rings. The van der Waals surface area contributed by atoms with Crippen molar-refractivity contribution in [2.45, 2.75) is 25.9 Å². The van der Waals surface area contributed by atoms with Crippen molar-refractivity contribution < 1.29 is 14.3 Å². The van der Waals surface area contributed by atoms with Crippen LogP contribution >= 0.6 is 12.4 Å². The molecular formula is C15H22ClN3O3. The predicted octanol–water partition coefficient (Wildman–Crippen LogP) is 1.77. The van der Waals surface area contributed by atoms with Crippen LogP contribution in [-0.2, 0) is 14.3 Å². The maximum absolute atomic E-state index is 11.9. The molecule has 1 atom stereocenters. The summed E-state index contributed by atoms with van der Waals surface area (Å²) in [4.78, 5) is 23.2. The van der Waals surface area contributed by atoms with Crippen LogP contribution in [0.5, 0.6) is 0 Å². The number of benzene rings is 1. The third-order valence-corrected chi connectivity index (χ3v) is 3.19. The molecule has 2 amide bonds. The van der Waals surface area contributed by atoms with Crippen molar-refractivity contribution in [1.29, 1.82) is 0 Å². The highest BCUT2D eigenvalue weighted by Gasteiger charge is 2.17. The molecule has 22 heavy (non-hydrogen) atoms. The molecule has 0 bridgehead atoms. The number of amides is 2. The average molecular weight is 328 g/mol. The Bertz CT molecular complexity index is 487. The second-order valence-corrected chi connectivity index (χ2v) is 4.93. The van der Waals surface area contributed by atoms with Crippen LogP contribution in [0, 0.1) is 0 Å². The Balaban J connectivity index is 0.00000242. The molecule has 1 fully saturated rings. The molecule has 6 nitrogen and oxygen atoms in total. The Morgan fingerprint density at radius 3 is 2.27 bits per heavy atom. The molecule has 0 spiro atoms. The third-order valence-electron chi connectivity index (χ3n) is 3.19. The van der Waals surface area contributed by atoms with Gasteiger partial charge in [0.25, 0.3) is 0 Å². The number of rotatable bonds is 5. The molecule has 1 heterocycles. The van der Waals surface area contributed by atoms with Gasteiger partial charge >= 0.3 is 0 Å². The lowest BCUT2D eigenvalue weighted by molar-refractivity contribution is -0.119. The molecule has 1 saturated heterocycles. The largest absolute Gasteiger partial charge is 0.375 e. The number of halogens is 1. The van der Waals surface area contributed by atoms with Crippen LogP contribution in [0.25, 0.3) is 0 Å². The molecule has 3 N–H and O–H groups in total. The van der Waals surface area contributed by atoms with E-state index in [2.05, 4.69) is 16.0 Å². The fraction of sp³-hybridized carbons (Fsp3) is 0.467. The van der Waals surface area contributed by atoms with E-state index in [1.165, 1.54) is 0 Å². The van der Waals surface area contributed by atoms with Gasteiger partial charge in [0.1, 0.15) is 0 Å². The first-order chi connectivity index (χ1) is 10.2. The molecule has 0 radical (unpaired) electrons. The van der Waals surface area contributed by atoms with Crippen molar-refractivity contribution in [3.8, 4) is 0 Å². The van der Waals surface area contributed by atoms with Crippen molar-refractivity contribution in [3.63, 3.8) is 0 Å². The smallest absolute Gasteiger partial charge is 0.227 e. The quantitative estimate of drug-likeness (QED) is 0.770. The number of nitrogens with one attached hydrogen (secondary N) is 3. The monoisotopic (exact) mass is 327 g/mol. The van der Waals surface area contributed by atoms with E-state index in [9.17, 15) is 9.59 Å². The van der Waals surface area contributed by atoms with E-state index in [0.717, 1.165) is 12.2 Å². The first-order valence-electron chi connectivity index (χ1n) is 7.19. The van der Waals surface area contributed by atoms with E-state index < -0.39 is 0 Å². The van der Waals surface area contributed by atoms with Gasteiger partial charge in [-0.15, -0.1) is 12.4 Å². The first-order valence-corrected chi connectivity index (χ1v) is 7.19. The van der Waals surface area contributed by atoms with Crippen LogP contribution < -0.4 is 16.0 Å². The first kappa shape index (κ1) is 18.4. The highest BCUT2D eigenvalue weighted by atomic mass is 35.5. The van der Waals surface area contributed by atoms with Gasteiger partial charge in [-0.05, 0) is 24.3 Å². The van der Waals surface area contributed by atoms with E-state index in [-0.39, 0.29) is 30.3 Å². The maximum atomic E-state index is 11.9. The molecule has 1 aromatic rings. The Hall–Kier alpha value is -1.63. The Morgan fingerprint density at radius 2 is 1.77 bits per heavy atom. The van der Waals surface area contributed by atoms with Gasteiger partial charge in [0.2, 0.25) is 11.8 Å². The maximum Gasteiger partial charge on any atom is 0.227 e. The molecule has 1 aromatic carbocycles. The third kappa shape index (κ3) is 6.01.